The van der Waals surface area contributed by atoms with Crippen LogP contribution in [-0.2, 0) is 9.53 Å². The van der Waals surface area contributed by atoms with Gasteiger partial charge in [-0.05, 0) is 32.1 Å². The summed E-state index contributed by atoms with van der Waals surface area (Å²) in [6.45, 7) is 11.0. The van der Waals surface area contributed by atoms with Gasteiger partial charge in [-0.1, -0.05) is 25.5 Å². The zero-order chi connectivity index (χ0) is 13.2. The molecule has 0 radical (unpaired) electrons. The molecule has 1 aliphatic rings. The highest BCUT2D eigenvalue weighted by Gasteiger charge is 2.60. The molecule has 0 unspecified atom stereocenters. The average molecular weight is 239 g/mol. The third-order valence-electron chi connectivity index (χ3n) is 3.51. The van der Waals surface area contributed by atoms with Crippen molar-refractivity contribution in [1.29, 1.82) is 0 Å². The number of ether oxygens (including phenoxy) is 1. The van der Waals surface area contributed by atoms with Gasteiger partial charge in [0.25, 0.3) is 0 Å². The number of nitrogens with one attached hydrogen (secondary N) is 1. The number of allylic oxidation sites excluding steroid dienone is 2. The molecule has 0 aromatic rings. The number of carbonyl (C=O) groups excluding carboxylic acids is 1. The molecule has 1 N–H and O–H groups in total. The molecular formula is C14H25NO2. The summed E-state index contributed by atoms with van der Waals surface area (Å²) in [5, 5.41) is 3.01. The van der Waals surface area contributed by atoms with Crippen molar-refractivity contribution in [2.75, 3.05) is 13.7 Å². The number of hydrogen-bond donors (Lipinski definition) is 1. The Labute approximate surface area is 105 Å². The molecule has 1 aliphatic carbocycles. The summed E-state index contributed by atoms with van der Waals surface area (Å²) in [6.07, 6.45) is 2.21. The molecule has 0 aliphatic heterocycles. The first-order valence-electron chi connectivity index (χ1n) is 6.25. The van der Waals surface area contributed by atoms with Crippen molar-refractivity contribution in [2.45, 2.75) is 40.7 Å². The van der Waals surface area contributed by atoms with E-state index >= 15 is 0 Å². The molecule has 3 atom stereocenters. The van der Waals surface area contributed by atoms with E-state index in [9.17, 15) is 4.79 Å². The Kier molecular flexibility index (Phi) is 4.36. The molecule has 0 aromatic heterocycles. The SMILES string of the molecule is COC[C@H](C)NC(=O)[C@@H]1[C@H](C=C(C)C)C1(C)C. The maximum Gasteiger partial charge on any atom is 0.224 e. The predicted octanol–water partition coefficient (Wildman–Crippen LogP) is 2.38. The minimum Gasteiger partial charge on any atom is -0.383 e. The van der Waals surface area contributed by atoms with Crippen LogP contribution in [0, 0.1) is 17.3 Å². The average Bonchev–Trinajstić information content (AvgIpc) is 2.66. The lowest BCUT2D eigenvalue weighted by Gasteiger charge is -2.13. The van der Waals surface area contributed by atoms with Gasteiger partial charge < -0.3 is 10.1 Å². The Bertz CT molecular complexity index is 316. The highest BCUT2D eigenvalue weighted by Crippen LogP contribution is 2.59. The summed E-state index contributed by atoms with van der Waals surface area (Å²) in [7, 11) is 1.65. The Balaban J connectivity index is 2.57. The molecule has 98 valence electrons. The molecule has 0 saturated heterocycles. The summed E-state index contributed by atoms with van der Waals surface area (Å²) in [5.74, 6) is 0.640. The van der Waals surface area contributed by atoms with E-state index in [0.29, 0.717) is 12.5 Å². The Hall–Kier alpha value is -0.830. The van der Waals surface area contributed by atoms with Crippen LogP contribution in [0.5, 0.6) is 0 Å². The van der Waals surface area contributed by atoms with E-state index < -0.39 is 0 Å². The van der Waals surface area contributed by atoms with E-state index in [4.69, 9.17) is 4.74 Å². The summed E-state index contributed by atoms with van der Waals surface area (Å²) in [5.41, 5.74) is 1.37. The molecule has 0 aromatic carbocycles. The predicted molar refractivity (Wildman–Crippen MR) is 69.7 cm³/mol. The molecule has 3 heteroatoms. The van der Waals surface area contributed by atoms with Crippen LogP contribution in [0.4, 0.5) is 0 Å². The second-order valence-corrected chi connectivity index (χ2v) is 5.93. The van der Waals surface area contributed by atoms with Gasteiger partial charge in [0.1, 0.15) is 0 Å². The van der Waals surface area contributed by atoms with Crippen molar-refractivity contribution in [2.24, 2.45) is 17.3 Å². The fourth-order valence-electron chi connectivity index (χ4n) is 2.47. The van der Waals surface area contributed by atoms with Crippen LogP contribution in [0.25, 0.3) is 0 Å². The first-order chi connectivity index (χ1) is 7.80. The van der Waals surface area contributed by atoms with Gasteiger partial charge in [0.2, 0.25) is 5.91 Å². The van der Waals surface area contributed by atoms with Crippen LogP contribution in [0.1, 0.15) is 34.6 Å². The lowest BCUT2D eigenvalue weighted by atomic mass is 10.1. The molecule has 0 spiro atoms. The fourth-order valence-corrected chi connectivity index (χ4v) is 2.47. The van der Waals surface area contributed by atoms with Crippen molar-refractivity contribution >= 4 is 5.91 Å². The van der Waals surface area contributed by atoms with Crippen molar-refractivity contribution in [3.8, 4) is 0 Å². The van der Waals surface area contributed by atoms with Crippen LogP contribution < -0.4 is 5.32 Å². The molecule has 3 nitrogen and oxygen atoms in total. The van der Waals surface area contributed by atoms with Crippen LogP contribution in [0.15, 0.2) is 11.6 Å². The monoisotopic (exact) mass is 239 g/mol. The van der Waals surface area contributed by atoms with Crippen molar-refractivity contribution in [3.05, 3.63) is 11.6 Å². The molecule has 0 heterocycles. The number of carbonyl (C=O) groups is 1. The second-order valence-electron chi connectivity index (χ2n) is 5.93. The van der Waals surface area contributed by atoms with Gasteiger partial charge in [-0.15, -0.1) is 0 Å². The first kappa shape index (κ1) is 14.2. The summed E-state index contributed by atoms with van der Waals surface area (Å²) >= 11 is 0. The van der Waals surface area contributed by atoms with Crippen LogP contribution in [-0.4, -0.2) is 25.7 Å². The van der Waals surface area contributed by atoms with Gasteiger partial charge in [0.15, 0.2) is 0 Å². The fraction of sp³-hybridized carbons (Fsp3) is 0.786. The van der Waals surface area contributed by atoms with E-state index in [0.717, 1.165) is 0 Å². The number of methoxy groups -OCH3 is 1. The molecule has 1 saturated carbocycles. The smallest absolute Gasteiger partial charge is 0.224 e. The van der Waals surface area contributed by atoms with E-state index in [1.165, 1.54) is 5.57 Å². The summed E-state index contributed by atoms with van der Waals surface area (Å²) in [4.78, 5) is 12.1. The largest absolute Gasteiger partial charge is 0.383 e. The molecular weight excluding hydrogens is 214 g/mol. The van der Waals surface area contributed by atoms with E-state index in [-0.39, 0.29) is 23.3 Å². The van der Waals surface area contributed by atoms with Gasteiger partial charge in [0.05, 0.1) is 12.5 Å². The maximum atomic E-state index is 12.1. The van der Waals surface area contributed by atoms with E-state index in [1.54, 1.807) is 7.11 Å². The lowest BCUT2D eigenvalue weighted by molar-refractivity contribution is -0.124. The normalized spacial score (nSPS) is 27.2. The van der Waals surface area contributed by atoms with Crippen LogP contribution in [0.2, 0.25) is 0 Å². The van der Waals surface area contributed by atoms with Crippen molar-refractivity contribution in [1.82, 2.24) is 5.32 Å². The Morgan fingerprint density at radius 3 is 2.53 bits per heavy atom. The van der Waals surface area contributed by atoms with Gasteiger partial charge in [-0.25, -0.2) is 0 Å². The van der Waals surface area contributed by atoms with Crippen molar-refractivity contribution < 1.29 is 9.53 Å². The summed E-state index contributed by atoms with van der Waals surface area (Å²) < 4.78 is 5.02. The van der Waals surface area contributed by atoms with Gasteiger partial charge in [-0.2, -0.15) is 0 Å². The lowest BCUT2D eigenvalue weighted by Crippen LogP contribution is -2.37. The van der Waals surface area contributed by atoms with Gasteiger partial charge >= 0.3 is 0 Å². The Morgan fingerprint density at radius 1 is 1.47 bits per heavy atom. The molecule has 0 bridgehead atoms. The molecule has 17 heavy (non-hydrogen) atoms. The standard InChI is InChI=1S/C14H25NO2/c1-9(2)7-11-12(14(11,4)5)13(16)15-10(3)8-17-6/h7,10-12H,8H2,1-6H3,(H,15,16)/t10-,11-,12-/m0/s1. The zero-order valence-corrected chi connectivity index (χ0v) is 11.8. The number of amides is 1. The summed E-state index contributed by atoms with van der Waals surface area (Å²) in [6, 6.07) is 0.0799. The molecule has 1 fully saturated rings. The third-order valence-corrected chi connectivity index (χ3v) is 3.51. The van der Waals surface area contributed by atoms with Gasteiger partial charge in [0, 0.05) is 13.2 Å². The molecule has 1 rings (SSSR count). The van der Waals surface area contributed by atoms with Crippen LogP contribution >= 0.6 is 0 Å². The second kappa shape index (κ2) is 5.21. The van der Waals surface area contributed by atoms with E-state index in [2.05, 4.69) is 39.1 Å². The minimum atomic E-state index is 0.0799. The Morgan fingerprint density at radius 2 is 2.06 bits per heavy atom. The quantitative estimate of drug-likeness (QED) is 0.748. The molecule has 1 amide bonds. The number of rotatable bonds is 5. The zero-order valence-electron chi connectivity index (χ0n) is 11.8. The minimum absolute atomic E-state index is 0.0799. The topological polar surface area (TPSA) is 38.3 Å². The van der Waals surface area contributed by atoms with Gasteiger partial charge in [-0.3, -0.25) is 4.79 Å². The highest BCUT2D eigenvalue weighted by atomic mass is 16.5. The third kappa shape index (κ3) is 3.32. The highest BCUT2D eigenvalue weighted by molar-refractivity contribution is 5.83. The van der Waals surface area contributed by atoms with Crippen LogP contribution in [0.3, 0.4) is 0 Å². The number of hydrogen-bond acceptors (Lipinski definition) is 2. The maximum absolute atomic E-state index is 12.1. The first-order valence-corrected chi connectivity index (χ1v) is 6.25. The van der Waals surface area contributed by atoms with Crippen molar-refractivity contribution in [3.63, 3.8) is 0 Å². The van der Waals surface area contributed by atoms with E-state index in [1.807, 2.05) is 6.92 Å².